The number of nitrogens with one attached hydrogen (secondary N) is 1. The van der Waals surface area contributed by atoms with Gasteiger partial charge in [0, 0.05) is 24.2 Å². The molecule has 3 nitrogen and oxygen atoms in total. The quantitative estimate of drug-likeness (QED) is 0.909. The van der Waals surface area contributed by atoms with E-state index in [2.05, 4.69) is 10.3 Å². The van der Waals surface area contributed by atoms with E-state index in [1.807, 2.05) is 6.07 Å². The maximum atomic E-state index is 13.0. The van der Waals surface area contributed by atoms with Crippen molar-refractivity contribution in [2.24, 2.45) is 0 Å². The second-order valence-electron chi connectivity index (χ2n) is 3.85. The van der Waals surface area contributed by atoms with Crippen LogP contribution in [0.2, 0.25) is 0 Å². The summed E-state index contributed by atoms with van der Waals surface area (Å²) >= 11 is 1.47. The van der Waals surface area contributed by atoms with Gasteiger partial charge in [0.15, 0.2) is 5.13 Å². The first kappa shape index (κ1) is 14.9. The first-order valence-electron chi connectivity index (χ1n) is 5.31. The van der Waals surface area contributed by atoms with Crippen LogP contribution < -0.4 is 11.1 Å². The molecule has 0 aliphatic carbocycles. The van der Waals surface area contributed by atoms with Gasteiger partial charge in [-0.2, -0.15) is 0 Å². The fourth-order valence-electron chi connectivity index (χ4n) is 1.55. The van der Waals surface area contributed by atoms with Crippen molar-refractivity contribution in [3.05, 3.63) is 46.2 Å². The summed E-state index contributed by atoms with van der Waals surface area (Å²) in [5.74, 6) is -0.163. The Hall–Kier alpha value is -1.17. The molecule has 98 valence electrons. The van der Waals surface area contributed by atoms with Crippen molar-refractivity contribution in [1.29, 1.82) is 0 Å². The summed E-state index contributed by atoms with van der Waals surface area (Å²) in [6, 6.07) is 5.14. The number of rotatable bonds is 4. The van der Waals surface area contributed by atoms with Gasteiger partial charge < -0.3 is 11.1 Å². The fraction of sp³-hybridized carbons (Fsp3) is 0.250. The summed E-state index contributed by atoms with van der Waals surface area (Å²) in [5.41, 5.74) is 7.28. The zero-order valence-corrected chi connectivity index (χ0v) is 11.6. The highest BCUT2D eigenvalue weighted by Crippen LogP contribution is 2.14. The van der Waals surface area contributed by atoms with E-state index in [9.17, 15) is 4.39 Å². The minimum absolute atomic E-state index is 0. The lowest BCUT2D eigenvalue weighted by Gasteiger charge is -2.04. The zero-order valence-electron chi connectivity index (χ0n) is 9.94. The van der Waals surface area contributed by atoms with Crippen molar-refractivity contribution in [2.45, 2.75) is 20.0 Å². The van der Waals surface area contributed by atoms with Crippen LogP contribution in [0.15, 0.2) is 24.4 Å². The SMILES string of the molecule is Cc1cc(CNCc2cnc(N)s2)ccc1F.Cl. The smallest absolute Gasteiger partial charge is 0.180 e. The van der Waals surface area contributed by atoms with Crippen molar-refractivity contribution < 1.29 is 4.39 Å². The molecule has 0 fully saturated rings. The fourth-order valence-corrected chi connectivity index (χ4v) is 2.20. The van der Waals surface area contributed by atoms with Gasteiger partial charge in [0.2, 0.25) is 0 Å². The second kappa shape index (κ2) is 6.68. The van der Waals surface area contributed by atoms with Crippen molar-refractivity contribution >= 4 is 28.9 Å². The van der Waals surface area contributed by atoms with Crippen LogP contribution >= 0.6 is 23.7 Å². The first-order chi connectivity index (χ1) is 8.15. The maximum absolute atomic E-state index is 13.0. The monoisotopic (exact) mass is 287 g/mol. The largest absolute Gasteiger partial charge is 0.375 e. The molecule has 3 N–H and O–H groups in total. The summed E-state index contributed by atoms with van der Waals surface area (Å²) in [4.78, 5) is 5.07. The molecular weight excluding hydrogens is 273 g/mol. The summed E-state index contributed by atoms with van der Waals surface area (Å²) in [7, 11) is 0. The minimum atomic E-state index is -0.163. The van der Waals surface area contributed by atoms with Crippen LogP contribution in [0.1, 0.15) is 16.0 Å². The molecule has 2 aromatic rings. The van der Waals surface area contributed by atoms with E-state index in [1.165, 1.54) is 17.4 Å². The minimum Gasteiger partial charge on any atom is -0.375 e. The van der Waals surface area contributed by atoms with Crippen LogP contribution in [0.4, 0.5) is 9.52 Å². The number of hydrogen-bond donors (Lipinski definition) is 2. The van der Waals surface area contributed by atoms with Crippen molar-refractivity contribution in [3.8, 4) is 0 Å². The standard InChI is InChI=1S/C12H14FN3S.ClH/c1-8-4-9(2-3-11(8)13)5-15-6-10-7-16-12(14)17-10;/h2-4,7,15H,5-6H2,1H3,(H2,14,16);1H. The molecule has 0 atom stereocenters. The van der Waals surface area contributed by atoms with Crippen LogP contribution in [-0.2, 0) is 13.1 Å². The predicted octanol–water partition coefficient (Wildman–Crippen LogP) is 2.88. The Balaban J connectivity index is 0.00000162. The topological polar surface area (TPSA) is 50.9 Å². The number of aromatic nitrogens is 1. The highest BCUT2D eigenvalue weighted by Gasteiger charge is 2.00. The van der Waals surface area contributed by atoms with Crippen LogP contribution in [0.25, 0.3) is 0 Å². The van der Waals surface area contributed by atoms with Gasteiger partial charge in [-0.05, 0) is 24.1 Å². The number of hydrogen-bond acceptors (Lipinski definition) is 4. The summed E-state index contributed by atoms with van der Waals surface area (Å²) in [6.07, 6.45) is 1.77. The predicted molar refractivity (Wildman–Crippen MR) is 75.5 cm³/mol. The van der Waals surface area contributed by atoms with E-state index in [0.717, 1.165) is 17.0 Å². The van der Waals surface area contributed by atoms with Crippen molar-refractivity contribution in [3.63, 3.8) is 0 Å². The van der Waals surface area contributed by atoms with Gasteiger partial charge in [-0.25, -0.2) is 9.37 Å². The maximum Gasteiger partial charge on any atom is 0.180 e. The Morgan fingerprint density at radius 1 is 1.39 bits per heavy atom. The van der Waals surface area contributed by atoms with E-state index in [4.69, 9.17) is 5.73 Å². The molecule has 0 bridgehead atoms. The molecule has 1 aromatic heterocycles. The van der Waals surface area contributed by atoms with Crippen LogP contribution in [0.3, 0.4) is 0 Å². The molecule has 6 heteroatoms. The molecule has 0 aliphatic heterocycles. The lowest BCUT2D eigenvalue weighted by Crippen LogP contribution is -2.11. The van der Waals surface area contributed by atoms with Gasteiger partial charge in [-0.3, -0.25) is 0 Å². The van der Waals surface area contributed by atoms with Gasteiger partial charge in [-0.1, -0.05) is 12.1 Å². The Bertz CT molecular complexity index is 516. The third-order valence-electron chi connectivity index (χ3n) is 2.42. The van der Waals surface area contributed by atoms with E-state index < -0.39 is 0 Å². The number of nitrogens with two attached hydrogens (primary N) is 1. The molecule has 0 radical (unpaired) electrons. The summed E-state index contributed by atoms with van der Waals surface area (Å²) < 4.78 is 13.0. The number of aryl methyl sites for hydroxylation is 1. The lowest BCUT2D eigenvalue weighted by molar-refractivity contribution is 0.615. The molecular formula is C12H15ClFN3S. The van der Waals surface area contributed by atoms with E-state index in [-0.39, 0.29) is 18.2 Å². The number of thiazole rings is 1. The first-order valence-corrected chi connectivity index (χ1v) is 6.13. The number of nitrogen functional groups attached to an aromatic ring is 1. The van der Waals surface area contributed by atoms with Gasteiger partial charge in [0.05, 0.1) is 0 Å². The Morgan fingerprint density at radius 3 is 2.78 bits per heavy atom. The number of nitrogens with zero attached hydrogens (tertiary/aromatic N) is 1. The normalized spacial score (nSPS) is 10.1. The van der Waals surface area contributed by atoms with Crippen molar-refractivity contribution in [1.82, 2.24) is 10.3 Å². The molecule has 1 aromatic carbocycles. The van der Waals surface area contributed by atoms with Crippen LogP contribution in [0, 0.1) is 12.7 Å². The van der Waals surface area contributed by atoms with Crippen LogP contribution in [0.5, 0.6) is 0 Å². The Labute approximate surface area is 116 Å². The van der Waals surface area contributed by atoms with Gasteiger partial charge >= 0.3 is 0 Å². The molecule has 0 amide bonds. The molecule has 0 unspecified atom stereocenters. The van der Waals surface area contributed by atoms with E-state index in [1.54, 1.807) is 19.2 Å². The second-order valence-corrected chi connectivity index (χ2v) is 5.00. The molecule has 18 heavy (non-hydrogen) atoms. The Kier molecular flexibility index (Phi) is 5.53. The summed E-state index contributed by atoms with van der Waals surface area (Å²) in [5, 5.41) is 3.85. The molecule has 1 heterocycles. The van der Waals surface area contributed by atoms with E-state index >= 15 is 0 Å². The van der Waals surface area contributed by atoms with Gasteiger partial charge in [-0.15, -0.1) is 23.7 Å². The Morgan fingerprint density at radius 2 is 2.17 bits per heavy atom. The van der Waals surface area contributed by atoms with Crippen LogP contribution in [-0.4, -0.2) is 4.98 Å². The van der Waals surface area contributed by atoms with Crippen molar-refractivity contribution in [2.75, 3.05) is 5.73 Å². The molecule has 2 rings (SSSR count). The molecule has 0 saturated carbocycles. The molecule has 0 saturated heterocycles. The van der Waals surface area contributed by atoms with E-state index in [0.29, 0.717) is 17.2 Å². The molecule has 0 spiro atoms. The zero-order chi connectivity index (χ0) is 12.3. The highest BCUT2D eigenvalue weighted by molar-refractivity contribution is 7.15. The number of benzene rings is 1. The third kappa shape index (κ3) is 3.94. The van der Waals surface area contributed by atoms with Gasteiger partial charge in [0.1, 0.15) is 5.82 Å². The number of anilines is 1. The third-order valence-corrected chi connectivity index (χ3v) is 3.25. The lowest BCUT2D eigenvalue weighted by atomic mass is 10.1. The summed E-state index contributed by atoms with van der Waals surface area (Å²) in [6.45, 7) is 3.20. The average Bonchev–Trinajstić information content (AvgIpc) is 2.70. The highest BCUT2D eigenvalue weighted by atomic mass is 35.5. The molecule has 0 aliphatic rings. The number of halogens is 2. The average molecular weight is 288 g/mol. The van der Waals surface area contributed by atoms with Gasteiger partial charge in [0.25, 0.3) is 0 Å².